The smallest absolute Gasteiger partial charge is 0.0853 e. The summed E-state index contributed by atoms with van der Waals surface area (Å²) in [6.45, 7) is 3.74. The second kappa shape index (κ2) is 6.12. The lowest BCUT2D eigenvalue weighted by molar-refractivity contribution is 1.07. The summed E-state index contributed by atoms with van der Waals surface area (Å²) in [4.78, 5) is 0. The van der Waals surface area contributed by atoms with E-state index in [1.54, 1.807) is 6.92 Å². The van der Waals surface area contributed by atoms with Crippen LogP contribution < -0.4 is 5.73 Å². The zero-order valence-electron chi connectivity index (χ0n) is 6.46. The van der Waals surface area contributed by atoms with Crippen LogP contribution in [0.4, 0.5) is 0 Å². The number of nitrogens with two attached hydrogens (primary N) is 1. The first-order valence-electron chi connectivity index (χ1n) is 3.28. The zero-order chi connectivity index (χ0) is 7.82. The van der Waals surface area contributed by atoms with Crippen LogP contribution in [0.1, 0.15) is 13.8 Å². The minimum atomic E-state index is -0.124. The largest absolute Gasteiger partial charge is 0.314 e. The molecular weight excluding hydrogens is 122 g/mol. The highest BCUT2D eigenvalue weighted by Crippen LogP contribution is 1.80. The fourth-order valence-electron chi connectivity index (χ4n) is 0.510. The van der Waals surface area contributed by atoms with Gasteiger partial charge in [-0.1, -0.05) is 30.2 Å². The Morgan fingerprint density at radius 2 is 2.10 bits per heavy atom. The molecule has 0 fully saturated rings. The van der Waals surface area contributed by atoms with Crippen LogP contribution in [0.3, 0.4) is 0 Å². The van der Waals surface area contributed by atoms with E-state index < -0.39 is 0 Å². The van der Waals surface area contributed by atoms with Crippen LogP contribution in [0, 0.1) is 11.8 Å². The average molecular weight is 135 g/mol. The third kappa shape index (κ3) is 5.14. The molecule has 0 amide bonds. The molecule has 2 N–H and O–H groups in total. The van der Waals surface area contributed by atoms with Gasteiger partial charge in [0, 0.05) is 0 Å². The normalized spacial score (nSPS) is 13.5. The predicted molar refractivity (Wildman–Crippen MR) is 45.4 cm³/mol. The molecule has 0 saturated carbocycles. The molecule has 0 spiro atoms. The molecule has 0 heterocycles. The SMILES string of the molecule is CC#CC(N)/C=C\C=C/C. The lowest BCUT2D eigenvalue weighted by Gasteiger charge is -1.90. The molecular formula is C9H13N. The van der Waals surface area contributed by atoms with E-state index in [0.29, 0.717) is 0 Å². The third-order valence-electron chi connectivity index (χ3n) is 0.933. The van der Waals surface area contributed by atoms with E-state index in [4.69, 9.17) is 5.73 Å². The van der Waals surface area contributed by atoms with Crippen molar-refractivity contribution in [3.05, 3.63) is 24.3 Å². The minimum Gasteiger partial charge on any atom is -0.314 e. The number of hydrogen-bond donors (Lipinski definition) is 1. The van der Waals surface area contributed by atoms with E-state index in [2.05, 4.69) is 11.8 Å². The molecule has 0 aliphatic carbocycles. The maximum Gasteiger partial charge on any atom is 0.0853 e. The number of allylic oxidation sites excluding steroid dienone is 3. The van der Waals surface area contributed by atoms with E-state index in [1.807, 2.05) is 31.2 Å². The summed E-state index contributed by atoms with van der Waals surface area (Å²) in [5.41, 5.74) is 5.53. The molecule has 1 nitrogen and oxygen atoms in total. The van der Waals surface area contributed by atoms with E-state index in [9.17, 15) is 0 Å². The highest BCUT2D eigenvalue weighted by Gasteiger charge is 1.83. The quantitative estimate of drug-likeness (QED) is 0.450. The Balaban J connectivity index is 3.73. The summed E-state index contributed by atoms with van der Waals surface area (Å²) in [7, 11) is 0. The molecule has 0 bridgehead atoms. The molecule has 0 saturated heterocycles. The Hall–Kier alpha value is -1.00. The topological polar surface area (TPSA) is 26.0 Å². The summed E-state index contributed by atoms with van der Waals surface area (Å²) < 4.78 is 0. The van der Waals surface area contributed by atoms with E-state index in [0.717, 1.165) is 0 Å². The zero-order valence-corrected chi connectivity index (χ0v) is 6.46. The van der Waals surface area contributed by atoms with Crippen molar-refractivity contribution in [2.24, 2.45) is 5.73 Å². The van der Waals surface area contributed by atoms with Crippen LogP contribution in [0.25, 0.3) is 0 Å². The molecule has 0 aliphatic heterocycles. The van der Waals surface area contributed by atoms with Gasteiger partial charge in [-0.2, -0.15) is 0 Å². The van der Waals surface area contributed by atoms with Gasteiger partial charge in [0.1, 0.15) is 0 Å². The highest BCUT2D eigenvalue weighted by atomic mass is 14.6. The lowest BCUT2D eigenvalue weighted by atomic mass is 10.3. The van der Waals surface area contributed by atoms with Crippen molar-refractivity contribution in [2.75, 3.05) is 0 Å². The summed E-state index contributed by atoms with van der Waals surface area (Å²) in [6, 6.07) is -0.124. The van der Waals surface area contributed by atoms with Gasteiger partial charge in [-0.3, -0.25) is 0 Å². The first-order valence-corrected chi connectivity index (χ1v) is 3.28. The van der Waals surface area contributed by atoms with Crippen LogP contribution in [0.15, 0.2) is 24.3 Å². The van der Waals surface area contributed by atoms with Crippen molar-refractivity contribution < 1.29 is 0 Å². The Morgan fingerprint density at radius 1 is 1.40 bits per heavy atom. The average Bonchev–Trinajstić information content (AvgIpc) is 1.89. The molecule has 0 aliphatic rings. The van der Waals surface area contributed by atoms with Gasteiger partial charge in [-0.15, -0.1) is 5.92 Å². The van der Waals surface area contributed by atoms with Gasteiger partial charge in [0.2, 0.25) is 0 Å². The molecule has 1 heteroatoms. The molecule has 1 atom stereocenters. The van der Waals surface area contributed by atoms with Crippen LogP contribution in [0.2, 0.25) is 0 Å². The summed E-state index contributed by atoms with van der Waals surface area (Å²) in [5.74, 6) is 5.56. The molecule has 10 heavy (non-hydrogen) atoms. The number of hydrogen-bond acceptors (Lipinski definition) is 1. The summed E-state index contributed by atoms with van der Waals surface area (Å²) in [5, 5.41) is 0. The van der Waals surface area contributed by atoms with E-state index in [1.165, 1.54) is 0 Å². The molecule has 0 aromatic rings. The second-order valence-corrected chi connectivity index (χ2v) is 1.83. The fraction of sp³-hybridized carbons (Fsp3) is 0.333. The Morgan fingerprint density at radius 3 is 2.60 bits per heavy atom. The van der Waals surface area contributed by atoms with Crippen LogP contribution in [-0.4, -0.2) is 6.04 Å². The van der Waals surface area contributed by atoms with Gasteiger partial charge in [-0.05, 0) is 13.8 Å². The molecule has 0 rings (SSSR count). The maximum absolute atomic E-state index is 5.53. The molecule has 0 radical (unpaired) electrons. The minimum absolute atomic E-state index is 0.124. The van der Waals surface area contributed by atoms with Gasteiger partial charge in [0.15, 0.2) is 0 Å². The molecule has 0 aromatic carbocycles. The third-order valence-corrected chi connectivity index (χ3v) is 0.933. The van der Waals surface area contributed by atoms with Crippen molar-refractivity contribution in [3.63, 3.8) is 0 Å². The van der Waals surface area contributed by atoms with Crippen molar-refractivity contribution in [1.82, 2.24) is 0 Å². The van der Waals surface area contributed by atoms with Crippen LogP contribution in [-0.2, 0) is 0 Å². The van der Waals surface area contributed by atoms with Crippen LogP contribution >= 0.6 is 0 Å². The molecule has 0 aromatic heterocycles. The standard InChI is InChI=1S/C9H13N/c1-3-5-6-8-9(10)7-4-2/h3,5-6,8-9H,10H2,1-2H3/b5-3-,8-6-. The Labute approximate surface area is 62.6 Å². The highest BCUT2D eigenvalue weighted by molar-refractivity contribution is 5.16. The van der Waals surface area contributed by atoms with Crippen molar-refractivity contribution in [3.8, 4) is 11.8 Å². The molecule has 54 valence electrons. The van der Waals surface area contributed by atoms with Gasteiger partial charge in [0.25, 0.3) is 0 Å². The second-order valence-electron chi connectivity index (χ2n) is 1.83. The summed E-state index contributed by atoms with van der Waals surface area (Å²) >= 11 is 0. The monoisotopic (exact) mass is 135 g/mol. The Kier molecular flexibility index (Phi) is 5.51. The predicted octanol–water partition coefficient (Wildman–Crippen LogP) is 1.47. The number of rotatable bonds is 2. The van der Waals surface area contributed by atoms with Crippen molar-refractivity contribution >= 4 is 0 Å². The Bertz CT molecular complexity index is 179. The van der Waals surface area contributed by atoms with Crippen LogP contribution in [0.5, 0.6) is 0 Å². The first kappa shape index (κ1) is 9.00. The maximum atomic E-state index is 5.53. The van der Waals surface area contributed by atoms with Crippen molar-refractivity contribution in [1.29, 1.82) is 0 Å². The summed E-state index contributed by atoms with van der Waals surface area (Å²) in [6.07, 6.45) is 7.63. The van der Waals surface area contributed by atoms with Gasteiger partial charge < -0.3 is 5.73 Å². The van der Waals surface area contributed by atoms with Crippen molar-refractivity contribution in [2.45, 2.75) is 19.9 Å². The van der Waals surface area contributed by atoms with E-state index >= 15 is 0 Å². The van der Waals surface area contributed by atoms with Gasteiger partial charge >= 0.3 is 0 Å². The van der Waals surface area contributed by atoms with E-state index in [-0.39, 0.29) is 6.04 Å². The fourth-order valence-corrected chi connectivity index (χ4v) is 0.510. The molecule has 1 unspecified atom stereocenters. The lowest BCUT2D eigenvalue weighted by Crippen LogP contribution is -2.13. The first-order chi connectivity index (χ1) is 4.81. The van der Waals surface area contributed by atoms with Gasteiger partial charge in [-0.25, -0.2) is 0 Å². The van der Waals surface area contributed by atoms with Gasteiger partial charge in [0.05, 0.1) is 6.04 Å².